The minimum absolute atomic E-state index is 0. The van der Waals surface area contributed by atoms with E-state index >= 15 is 0 Å². The van der Waals surface area contributed by atoms with E-state index in [9.17, 15) is 0 Å². The van der Waals surface area contributed by atoms with Gasteiger partial charge in [0.05, 0.1) is 6.61 Å². The lowest BCUT2D eigenvalue weighted by Crippen LogP contribution is -2.10. The Morgan fingerprint density at radius 2 is 1.48 bits per heavy atom. The number of hydrogen-bond donors (Lipinski definition) is 2. The second-order valence-corrected chi connectivity index (χ2v) is 5.26. The van der Waals surface area contributed by atoms with Crippen molar-refractivity contribution in [3.8, 4) is 5.75 Å². The molecular weight excluding hydrogens is 284 g/mol. The van der Waals surface area contributed by atoms with Gasteiger partial charge in [-0.25, -0.2) is 0 Å². The van der Waals surface area contributed by atoms with Crippen LogP contribution in [0.25, 0.3) is 0 Å². The second kappa shape index (κ2) is 12.5. The lowest BCUT2D eigenvalue weighted by molar-refractivity contribution is 0.304. The van der Waals surface area contributed by atoms with Crippen LogP contribution in [0.4, 0.5) is 0 Å². The Morgan fingerprint density at radius 3 is 2.00 bits per heavy atom. The molecule has 0 aliphatic carbocycles. The lowest BCUT2D eigenvalue weighted by Gasteiger charge is -2.07. The highest BCUT2D eigenvalue weighted by Crippen LogP contribution is 2.13. The van der Waals surface area contributed by atoms with Crippen LogP contribution in [0.15, 0.2) is 24.3 Å². The predicted molar refractivity (Wildman–Crippen MR) is 92.8 cm³/mol. The third kappa shape index (κ3) is 9.35. The van der Waals surface area contributed by atoms with Crippen LogP contribution in [-0.4, -0.2) is 12.4 Å². The molecule has 0 unspecified atom stereocenters. The van der Waals surface area contributed by atoms with Crippen molar-refractivity contribution in [3.05, 3.63) is 29.8 Å². The second-order valence-electron chi connectivity index (χ2n) is 5.26. The topological polar surface area (TPSA) is 59.1 Å². The van der Waals surface area contributed by atoms with E-state index in [1.54, 1.807) is 0 Å². The number of nitrogens with one attached hydrogen (secondary N) is 1. The highest BCUT2D eigenvalue weighted by molar-refractivity contribution is 5.94. The first-order chi connectivity index (χ1) is 9.74. The van der Waals surface area contributed by atoms with Crippen molar-refractivity contribution in [1.82, 2.24) is 0 Å². The van der Waals surface area contributed by atoms with Gasteiger partial charge in [-0.05, 0) is 30.7 Å². The van der Waals surface area contributed by atoms with Gasteiger partial charge in [-0.3, -0.25) is 5.41 Å². The summed E-state index contributed by atoms with van der Waals surface area (Å²) >= 11 is 0. The molecule has 1 aromatic rings. The number of hydrogen-bond acceptors (Lipinski definition) is 2. The number of halogens is 1. The van der Waals surface area contributed by atoms with Crippen LogP contribution in [0.3, 0.4) is 0 Å². The largest absolute Gasteiger partial charge is 0.494 e. The monoisotopic (exact) mass is 312 g/mol. The number of amidine groups is 1. The van der Waals surface area contributed by atoms with Gasteiger partial charge in [-0.2, -0.15) is 0 Å². The molecule has 4 heteroatoms. The number of nitrogens with two attached hydrogens (primary N) is 1. The fourth-order valence-electron chi connectivity index (χ4n) is 2.16. The molecule has 0 saturated carbocycles. The SMILES string of the molecule is CCCCCCCCCCOc1ccc(C(=N)N)cc1.Cl. The predicted octanol–water partition coefficient (Wildman–Crippen LogP) is 4.91. The molecule has 0 aliphatic heterocycles. The maximum atomic E-state index is 7.32. The molecule has 0 saturated heterocycles. The van der Waals surface area contributed by atoms with E-state index in [0.717, 1.165) is 24.3 Å². The summed E-state index contributed by atoms with van der Waals surface area (Å²) in [6.07, 6.45) is 10.5. The molecule has 120 valence electrons. The molecule has 21 heavy (non-hydrogen) atoms. The zero-order valence-corrected chi connectivity index (χ0v) is 13.9. The fraction of sp³-hybridized carbons (Fsp3) is 0.588. The Hall–Kier alpha value is -1.22. The zero-order valence-electron chi connectivity index (χ0n) is 13.1. The summed E-state index contributed by atoms with van der Waals surface area (Å²) in [5, 5.41) is 7.32. The Labute approximate surface area is 135 Å². The van der Waals surface area contributed by atoms with Gasteiger partial charge in [0.25, 0.3) is 0 Å². The lowest BCUT2D eigenvalue weighted by atomic mass is 10.1. The third-order valence-electron chi connectivity index (χ3n) is 3.43. The molecular formula is C17H29ClN2O. The van der Waals surface area contributed by atoms with E-state index in [1.165, 1.54) is 44.9 Å². The van der Waals surface area contributed by atoms with Crippen molar-refractivity contribution < 1.29 is 4.74 Å². The van der Waals surface area contributed by atoms with Crippen molar-refractivity contribution in [1.29, 1.82) is 5.41 Å². The van der Waals surface area contributed by atoms with Gasteiger partial charge in [-0.15, -0.1) is 12.4 Å². The standard InChI is InChI=1S/C17H28N2O.ClH/c1-2-3-4-5-6-7-8-9-14-20-16-12-10-15(11-13-16)17(18)19;/h10-13H,2-9,14H2,1H3,(H3,18,19);1H. The van der Waals surface area contributed by atoms with Crippen LogP contribution in [-0.2, 0) is 0 Å². The molecule has 0 fully saturated rings. The van der Waals surface area contributed by atoms with Crippen LogP contribution in [0, 0.1) is 5.41 Å². The molecule has 0 spiro atoms. The number of nitrogen functional groups attached to an aromatic ring is 1. The number of ether oxygens (including phenoxy) is 1. The van der Waals surface area contributed by atoms with Crippen molar-refractivity contribution in [2.24, 2.45) is 5.73 Å². The quantitative estimate of drug-likeness (QED) is 0.346. The molecule has 0 aliphatic rings. The Morgan fingerprint density at radius 1 is 0.952 bits per heavy atom. The van der Waals surface area contributed by atoms with Gasteiger partial charge >= 0.3 is 0 Å². The summed E-state index contributed by atoms with van der Waals surface area (Å²) in [6.45, 7) is 3.02. The smallest absolute Gasteiger partial charge is 0.122 e. The van der Waals surface area contributed by atoms with Gasteiger partial charge in [0.1, 0.15) is 11.6 Å². The van der Waals surface area contributed by atoms with Crippen LogP contribution < -0.4 is 10.5 Å². The molecule has 3 nitrogen and oxygen atoms in total. The van der Waals surface area contributed by atoms with Gasteiger partial charge in [0.15, 0.2) is 0 Å². The van der Waals surface area contributed by atoms with Gasteiger partial charge in [-0.1, -0.05) is 51.9 Å². The average Bonchev–Trinajstić information content (AvgIpc) is 2.46. The Kier molecular flexibility index (Phi) is 11.8. The Bertz CT molecular complexity index is 379. The van der Waals surface area contributed by atoms with Crippen LogP contribution in [0.5, 0.6) is 5.75 Å². The van der Waals surface area contributed by atoms with E-state index in [0.29, 0.717) is 0 Å². The zero-order chi connectivity index (χ0) is 14.6. The van der Waals surface area contributed by atoms with Gasteiger partial charge < -0.3 is 10.5 Å². The van der Waals surface area contributed by atoms with E-state index < -0.39 is 0 Å². The normalized spacial score (nSPS) is 9.95. The minimum atomic E-state index is 0. The number of unbranched alkanes of at least 4 members (excludes halogenated alkanes) is 7. The third-order valence-corrected chi connectivity index (χ3v) is 3.43. The van der Waals surface area contributed by atoms with Gasteiger partial charge in [0.2, 0.25) is 0 Å². The van der Waals surface area contributed by atoms with E-state index in [4.69, 9.17) is 15.9 Å². The highest BCUT2D eigenvalue weighted by Gasteiger charge is 1.98. The molecule has 1 rings (SSSR count). The molecule has 0 atom stereocenters. The maximum Gasteiger partial charge on any atom is 0.122 e. The summed E-state index contributed by atoms with van der Waals surface area (Å²) < 4.78 is 5.67. The molecule has 3 N–H and O–H groups in total. The first kappa shape index (κ1) is 19.8. The molecule has 1 aromatic carbocycles. The summed E-state index contributed by atoms with van der Waals surface area (Å²) in [6, 6.07) is 7.40. The van der Waals surface area contributed by atoms with Crippen LogP contribution >= 0.6 is 12.4 Å². The van der Waals surface area contributed by atoms with Crippen LogP contribution in [0.2, 0.25) is 0 Å². The van der Waals surface area contributed by atoms with Crippen molar-refractivity contribution in [2.45, 2.75) is 58.3 Å². The highest BCUT2D eigenvalue weighted by atomic mass is 35.5. The number of rotatable bonds is 11. The average molecular weight is 313 g/mol. The van der Waals surface area contributed by atoms with E-state index in [2.05, 4.69) is 6.92 Å². The first-order valence-corrected chi connectivity index (χ1v) is 7.81. The van der Waals surface area contributed by atoms with E-state index in [-0.39, 0.29) is 18.2 Å². The number of benzene rings is 1. The molecule has 0 radical (unpaired) electrons. The van der Waals surface area contributed by atoms with Crippen molar-refractivity contribution in [3.63, 3.8) is 0 Å². The fourth-order valence-corrected chi connectivity index (χ4v) is 2.16. The van der Waals surface area contributed by atoms with Crippen molar-refractivity contribution >= 4 is 18.2 Å². The summed E-state index contributed by atoms with van der Waals surface area (Å²) in [5.74, 6) is 0.956. The van der Waals surface area contributed by atoms with Crippen LogP contribution in [0.1, 0.15) is 63.9 Å². The van der Waals surface area contributed by atoms with Crippen molar-refractivity contribution in [2.75, 3.05) is 6.61 Å². The maximum absolute atomic E-state index is 7.32. The Balaban J connectivity index is 0.00000400. The molecule has 0 aromatic heterocycles. The summed E-state index contributed by atoms with van der Waals surface area (Å²) in [4.78, 5) is 0. The summed E-state index contributed by atoms with van der Waals surface area (Å²) in [5.41, 5.74) is 6.15. The minimum Gasteiger partial charge on any atom is -0.494 e. The van der Waals surface area contributed by atoms with Gasteiger partial charge in [0, 0.05) is 5.56 Å². The molecule has 0 heterocycles. The summed E-state index contributed by atoms with van der Waals surface area (Å²) in [7, 11) is 0. The molecule has 0 amide bonds. The van der Waals surface area contributed by atoms with E-state index in [1.807, 2.05) is 24.3 Å². The molecule has 0 bridgehead atoms. The first-order valence-electron chi connectivity index (χ1n) is 7.81.